The van der Waals surface area contributed by atoms with E-state index in [0.29, 0.717) is 11.7 Å². The first-order chi connectivity index (χ1) is 9.84. The Kier molecular flexibility index (Phi) is 2.73. The molecule has 2 aliphatic rings. The summed E-state index contributed by atoms with van der Waals surface area (Å²) < 4.78 is 0. The van der Waals surface area contributed by atoms with E-state index in [1.165, 1.54) is 36.0 Å². The maximum absolute atomic E-state index is 12.9. The third-order valence-corrected chi connectivity index (χ3v) is 4.94. The van der Waals surface area contributed by atoms with Crippen LogP contribution in [0.1, 0.15) is 58.1 Å². The maximum atomic E-state index is 12.9. The van der Waals surface area contributed by atoms with Crippen molar-refractivity contribution in [1.82, 2.24) is 0 Å². The van der Waals surface area contributed by atoms with Gasteiger partial charge in [0, 0.05) is 5.56 Å². The molecule has 0 N–H and O–H groups in total. The normalized spacial score (nSPS) is 20.7. The summed E-state index contributed by atoms with van der Waals surface area (Å²) in [7, 11) is 0. The molecule has 0 aliphatic heterocycles. The molecule has 2 aliphatic carbocycles. The lowest BCUT2D eigenvalue weighted by Crippen LogP contribution is -2.26. The first kappa shape index (κ1) is 11.9. The molecule has 2 aromatic rings. The third-order valence-electron chi connectivity index (χ3n) is 4.94. The van der Waals surface area contributed by atoms with E-state index < -0.39 is 0 Å². The van der Waals surface area contributed by atoms with Crippen molar-refractivity contribution < 1.29 is 4.79 Å². The fourth-order valence-corrected chi connectivity index (χ4v) is 3.48. The van der Waals surface area contributed by atoms with Gasteiger partial charge < -0.3 is 0 Å². The number of Topliss-reactive ketones (excluding diaryl/α,β-unsaturated/α-hetero) is 1. The predicted molar refractivity (Wildman–Crippen MR) is 80.3 cm³/mol. The summed E-state index contributed by atoms with van der Waals surface area (Å²) in [5.74, 6) is 1.03. The van der Waals surface area contributed by atoms with Gasteiger partial charge in [0.2, 0.25) is 0 Å². The first-order valence-corrected chi connectivity index (χ1v) is 7.55. The number of benzene rings is 2. The van der Waals surface area contributed by atoms with E-state index >= 15 is 0 Å². The van der Waals surface area contributed by atoms with E-state index in [0.717, 1.165) is 12.0 Å². The summed E-state index contributed by atoms with van der Waals surface area (Å²) in [5.41, 5.74) is 4.83. The van der Waals surface area contributed by atoms with Gasteiger partial charge in [-0.2, -0.15) is 0 Å². The molecule has 1 saturated carbocycles. The number of hydrogen-bond donors (Lipinski definition) is 0. The van der Waals surface area contributed by atoms with Crippen LogP contribution in [0, 0.1) is 0 Å². The van der Waals surface area contributed by atoms with Crippen LogP contribution in [0.3, 0.4) is 0 Å². The molecule has 0 radical (unpaired) electrons. The number of carbonyl (C=O) groups excluding carboxylic acids is 1. The highest BCUT2D eigenvalue weighted by Crippen LogP contribution is 2.42. The molecule has 0 bridgehead atoms. The Labute approximate surface area is 119 Å². The molecule has 1 heteroatoms. The van der Waals surface area contributed by atoms with E-state index in [9.17, 15) is 4.79 Å². The van der Waals surface area contributed by atoms with Crippen molar-refractivity contribution in [2.24, 2.45) is 0 Å². The standard InChI is InChI=1S/C19H18O/c20-19(18-12-14-6-1-2-10-16(14)18)17-11-4-3-9-15(17)13-7-5-8-13/h1-4,6,9-11,13,18H,5,7-8,12H2. The smallest absolute Gasteiger partial charge is 0.170 e. The lowest BCUT2D eigenvalue weighted by molar-refractivity contribution is 0.0947. The molecule has 4 rings (SSSR count). The van der Waals surface area contributed by atoms with Gasteiger partial charge in [0.1, 0.15) is 0 Å². The van der Waals surface area contributed by atoms with Gasteiger partial charge in [-0.05, 0) is 41.9 Å². The van der Waals surface area contributed by atoms with Gasteiger partial charge >= 0.3 is 0 Å². The fourth-order valence-electron chi connectivity index (χ4n) is 3.48. The molecule has 0 amide bonds. The second kappa shape index (κ2) is 4.59. The average molecular weight is 262 g/mol. The van der Waals surface area contributed by atoms with Crippen LogP contribution in [0.5, 0.6) is 0 Å². The highest BCUT2D eigenvalue weighted by molar-refractivity contribution is 6.04. The van der Waals surface area contributed by atoms with Gasteiger partial charge in [0.15, 0.2) is 5.78 Å². The van der Waals surface area contributed by atoms with Crippen LogP contribution in [-0.4, -0.2) is 5.78 Å². The summed E-state index contributed by atoms with van der Waals surface area (Å²) in [6.07, 6.45) is 4.70. The summed E-state index contributed by atoms with van der Waals surface area (Å²) in [6, 6.07) is 16.6. The van der Waals surface area contributed by atoms with Crippen molar-refractivity contribution in [2.45, 2.75) is 37.5 Å². The molecular formula is C19H18O. The second-order valence-electron chi connectivity index (χ2n) is 6.03. The number of fused-ring (bicyclic) bond motifs is 1. The van der Waals surface area contributed by atoms with Gasteiger partial charge in [-0.3, -0.25) is 4.79 Å². The van der Waals surface area contributed by atoms with E-state index in [1.807, 2.05) is 18.2 Å². The van der Waals surface area contributed by atoms with Crippen molar-refractivity contribution in [1.29, 1.82) is 0 Å². The Balaban J connectivity index is 1.67. The van der Waals surface area contributed by atoms with Crippen LogP contribution in [0.4, 0.5) is 0 Å². The minimum absolute atomic E-state index is 0.0902. The molecule has 2 aromatic carbocycles. The van der Waals surface area contributed by atoms with Gasteiger partial charge in [-0.15, -0.1) is 0 Å². The van der Waals surface area contributed by atoms with E-state index in [1.54, 1.807) is 0 Å². The summed E-state index contributed by atoms with van der Waals surface area (Å²) in [5, 5.41) is 0. The number of ketones is 1. The van der Waals surface area contributed by atoms with Crippen LogP contribution in [-0.2, 0) is 6.42 Å². The maximum Gasteiger partial charge on any atom is 0.170 e. The lowest BCUT2D eigenvalue weighted by Gasteiger charge is -2.32. The quantitative estimate of drug-likeness (QED) is 0.745. The number of hydrogen-bond acceptors (Lipinski definition) is 1. The van der Waals surface area contributed by atoms with E-state index in [2.05, 4.69) is 30.3 Å². The number of carbonyl (C=O) groups is 1. The van der Waals surface area contributed by atoms with Gasteiger partial charge in [-0.25, -0.2) is 0 Å². The van der Waals surface area contributed by atoms with Gasteiger partial charge in [-0.1, -0.05) is 55.0 Å². The zero-order chi connectivity index (χ0) is 13.5. The SMILES string of the molecule is O=C(c1ccccc1C1CCC1)C1Cc2ccccc21. The highest BCUT2D eigenvalue weighted by Gasteiger charge is 2.34. The van der Waals surface area contributed by atoms with Crippen LogP contribution in [0.25, 0.3) is 0 Å². The predicted octanol–water partition coefficient (Wildman–Crippen LogP) is 4.48. The van der Waals surface area contributed by atoms with Gasteiger partial charge in [0.25, 0.3) is 0 Å². The highest BCUT2D eigenvalue weighted by atomic mass is 16.1. The lowest BCUT2D eigenvalue weighted by atomic mass is 9.71. The van der Waals surface area contributed by atoms with Crippen molar-refractivity contribution in [3.63, 3.8) is 0 Å². The van der Waals surface area contributed by atoms with Crippen LogP contribution in [0.2, 0.25) is 0 Å². The first-order valence-electron chi connectivity index (χ1n) is 7.55. The van der Waals surface area contributed by atoms with Crippen molar-refractivity contribution >= 4 is 5.78 Å². The Morgan fingerprint density at radius 3 is 2.30 bits per heavy atom. The van der Waals surface area contributed by atoms with Crippen LogP contribution >= 0.6 is 0 Å². The second-order valence-corrected chi connectivity index (χ2v) is 6.03. The third kappa shape index (κ3) is 1.73. The average Bonchev–Trinajstić information content (AvgIpc) is 2.39. The van der Waals surface area contributed by atoms with Crippen molar-refractivity contribution in [3.8, 4) is 0 Å². The Morgan fingerprint density at radius 2 is 1.60 bits per heavy atom. The molecule has 1 nitrogen and oxygen atoms in total. The van der Waals surface area contributed by atoms with Gasteiger partial charge in [0.05, 0.1) is 5.92 Å². The monoisotopic (exact) mass is 262 g/mol. The Hall–Kier alpha value is -1.89. The minimum atomic E-state index is 0.0902. The largest absolute Gasteiger partial charge is 0.293 e. The van der Waals surface area contributed by atoms with Crippen molar-refractivity contribution in [3.05, 3.63) is 70.8 Å². The van der Waals surface area contributed by atoms with E-state index in [4.69, 9.17) is 0 Å². The molecule has 0 saturated heterocycles. The summed E-state index contributed by atoms with van der Waals surface area (Å²) in [6.45, 7) is 0. The zero-order valence-corrected chi connectivity index (χ0v) is 11.5. The van der Waals surface area contributed by atoms with Crippen LogP contribution < -0.4 is 0 Å². The van der Waals surface area contributed by atoms with Crippen molar-refractivity contribution in [2.75, 3.05) is 0 Å². The fraction of sp³-hybridized carbons (Fsp3) is 0.316. The Morgan fingerprint density at radius 1 is 0.900 bits per heavy atom. The topological polar surface area (TPSA) is 17.1 Å². The minimum Gasteiger partial charge on any atom is -0.293 e. The molecule has 0 heterocycles. The molecule has 1 fully saturated rings. The molecule has 0 spiro atoms. The summed E-state index contributed by atoms with van der Waals surface area (Å²) >= 11 is 0. The van der Waals surface area contributed by atoms with Crippen LogP contribution in [0.15, 0.2) is 48.5 Å². The molecule has 100 valence electrons. The Bertz CT molecular complexity index is 667. The number of rotatable bonds is 3. The summed E-state index contributed by atoms with van der Waals surface area (Å²) in [4.78, 5) is 12.9. The molecule has 1 unspecified atom stereocenters. The molecule has 0 aromatic heterocycles. The zero-order valence-electron chi connectivity index (χ0n) is 11.5. The van der Waals surface area contributed by atoms with E-state index in [-0.39, 0.29) is 5.92 Å². The molecular weight excluding hydrogens is 244 g/mol. The molecule has 20 heavy (non-hydrogen) atoms. The molecule has 1 atom stereocenters.